The zero-order valence-electron chi connectivity index (χ0n) is 8.23. The summed E-state index contributed by atoms with van der Waals surface area (Å²) in [5.74, 6) is 0.883. The van der Waals surface area contributed by atoms with Crippen LogP contribution in [-0.4, -0.2) is 9.97 Å². The average molecular weight is 263 g/mol. The minimum atomic E-state index is 0.848. The third kappa shape index (κ3) is 3.13. The number of aryl methyl sites for hydroxylation is 2. The molecule has 0 aliphatic heterocycles. The molecule has 0 saturated heterocycles. The SMILES string of the molecule is Brc1ccnc(CCc2ccccc2)n1. The maximum Gasteiger partial charge on any atom is 0.129 e. The molecule has 0 radical (unpaired) electrons. The van der Waals surface area contributed by atoms with E-state index in [9.17, 15) is 0 Å². The van der Waals surface area contributed by atoms with E-state index < -0.39 is 0 Å². The highest BCUT2D eigenvalue weighted by molar-refractivity contribution is 9.10. The van der Waals surface area contributed by atoms with Crippen LogP contribution in [-0.2, 0) is 12.8 Å². The predicted octanol–water partition coefficient (Wildman–Crippen LogP) is 3.02. The summed E-state index contributed by atoms with van der Waals surface area (Å²) < 4.78 is 0.848. The van der Waals surface area contributed by atoms with Gasteiger partial charge in [-0.3, -0.25) is 0 Å². The predicted molar refractivity (Wildman–Crippen MR) is 63.6 cm³/mol. The summed E-state index contributed by atoms with van der Waals surface area (Å²) in [4.78, 5) is 8.51. The van der Waals surface area contributed by atoms with Gasteiger partial charge in [0.25, 0.3) is 0 Å². The van der Waals surface area contributed by atoms with Gasteiger partial charge in [0.2, 0.25) is 0 Å². The second-order valence-electron chi connectivity index (χ2n) is 3.28. The van der Waals surface area contributed by atoms with E-state index in [-0.39, 0.29) is 0 Å². The highest BCUT2D eigenvalue weighted by Crippen LogP contribution is 2.07. The second-order valence-corrected chi connectivity index (χ2v) is 4.09. The summed E-state index contributed by atoms with van der Waals surface area (Å²) >= 11 is 3.34. The van der Waals surface area contributed by atoms with Gasteiger partial charge >= 0.3 is 0 Å². The van der Waals surface area contributed by atoms with Crippen LogP contribution >= 0.6 is 15.9 Å². The van der Waals surface area contributed by atoms with Crippen LogP contribution in [0, 0.1) is 0 Å². The Hall–Kier alpha value is -1.22. The molecule has 0 aliphatic rings. The molecule has 1 aromatic heterocycles. The van der Waals surface area contributed by atoms with Crippen molar-refractivity contribution in [3.63, 3.8) is 0 Å². The summed E-state index contributed by atoms with van der Waals surface area (Å²) in [7, 11) is 0. The Kier molecular flexibility index (Phi) is 3.45. The van der Waals surface area contributed by atoms with Gasteiger partial charge in [-0.2, -0.15) is 0 Å². The smallest absolute Gasteiger partial charge is 0.129 e. The van der Waals surface area contributed by atoms with Gasteiger partial charge in [0.15, 0.2) is 0 Å². The van der Waals surface area contributed by atoms with Gasteiger partial charge in [0.1, 0.15) is 10.4 Å². The van der Waals surface area contributed by atoms with E-state index in [4.69, 9.17) is 0 Å². The molecular weight excluding hydrogens is 252 g/mol. The lowest BCUT2D eigenvalue weighted by Crippen LogP contribution is -1.97. The topological polar surface area (TPSA) is 25.8 Å². The summed E-state index contributed by atoms with van der Waals surface area (Å²) in [5.41, 5.74) is 1.32. The number of hydrogen-bond donors (Lipinski definition) is 0. The van der Waals surface area contributed by atoms with Crippen molar-refractivity contribution in [2.75, 3.05) is 0 Å². The number of aromatic nitrogens is 2. The Morgan fingerprint density at radius 2 is 1.80 bits per heavy atom. The van der Waals surface area contributed by atoms with Crippen LogP contribution in [0.4, 0.5) is 0 Å². The first-order chi connectivity index (χ1) is 7.34. The molecule has 0 bridgehead atoms. The molecule has 0 spiro atoms. The van der Waals surface area contributed by atoms with Crippen LogP contribution in [0.3, 0.4) is 0 Å². The molecule has 0 amide bonds. The minimum absolute atomic E-state index is 0.848. The van der Waals surface area contributed by atoms with Crippen LogP contribution in [0.15, 0.2) is 47.2 Å². The maximum absolute atomic E-state index is 4.29. The lowest BCUT2D eigenvalue weighted by atomic mass is 10.1. The van der Waals surface area contributed by atoms with Gasteiger partial charge in [-0.1, -0.05) is 30.3 Å². The first-order valence-corrected chi connectivity index (χ1v) is 5.65. The second kappa shape index (κ2) is 5.03. The molecule has 0 saturated carbocycles. The van der Waals surface area contributed by atoms with E-state index in [0.717, 1.165) is 23.3 Å². The molecule has 3 heteroatoms. The lowest BCUT2D eigenvalue weighted by Gasteiger charge is -2.00. The molecule has 76 valence electrons. The Morgan fingerprint density at radius 1 is 1.00 bits per heavy atom. The molecule has 0 fully saturated rings. The molecular formula is C12H11BrN2. The Balaban J connectivity index is 1.99. The van der Waals surface area contributed by atoms with Gasteiger partial charge in [-0.25, -0.2) is 9.97 Å². The number of rotatable bonds is 3. The molecule has 2 aromatic rings. The first-order valence-electron chi connectivity index (χ1n) is 4.86. The number of benzene rings is 1. The van der Waals surface area contributed by atoms with Crippen molar-refractivity contribution in [3.05, 3.63) is 58.6 Å². The number of halogens is 1. The molecule has 0 unspecified atom stereocenters. The van der Waals surface area contributed by atoms with Crippen molar-refractivity contribution in [1.29, 1.82) is 0 Å². The van der Waals surface area contributed by atoms with Gasteiger partial charge < -0.3 is 0 Å². The Bertz CT molecular complexity index is 429. The number of nitrogens with zero attached hydrogens (tertiary/aromatic N) is 2. The van der Waals surface area contributed by atoms with E-state index in [1.165, 1.54) is 5.56 Å². The van der Waals surface area contributed by atoms with E-state index in [0.29, 0.717) is 0 Å². The fourth-order valence-corrected chi connectivity index (χ4v) is 1.72. The minimum Gasteiger partial charge on any atom is -0.241 e. The third-order valence-corrected chi connectivity index (χ3v) is 2.59. The van der Waals surface area contributed by atoms with Gasteiger partial charge in [0, 0.05) is 12.6 Å². The molecule has 15 heavy (non-hydrogen) atoms. The monoisotopic (exact) mass is 262 g/mol. The Labute approximate surface area is 97.5 Å². The van der Waals surface area contributed by atoms with Crippen molar-refractivity contribution < 1.29 is 0 Å². The summed E-state index contributed by atoms with van der Waals surface area (Å²) in [5, 5.41) is 0. The summed E-state index contributed by atoms with van der Waals surface area (Å²) in [6.45, 7) is 0. The Morgan fingerprint density at radius 3 is 2.53 bits per heavy atom. The largest absolute Gasteiger partial charge is 0.241 e. The highest BCUT2D eigenvalue weighted by Gasteiger charge is 1.98. The van der Waals surface area contributed by atoms with E-state index in [1.54, 1.807) is 6.20 Å². The fourth-order valence-electron chi connectivity index (χ4n) is 1.40. The quantitative estimate of drug-likeness (QED) is 0.795. The van der Waals surface area contributed by atoms with E-state index >= 15 is 0 Å². The van der Waals surface area contributed by atoms with Crippen LogP contribution in [0.1, 0.15) is 11.4 Å². The standard InChI is InChI=1S/C12H11BrN2/c13-11-8-9-14-12(15-11)7-6-10-4-2-1-3-5-10/h1-5,8-9H,6-7H2. The zero-order chi connectivity index (χ0) is 10.5. The van der Waals surface area contributed by atoms with Gasteiger partial charge in [0.05, 0.1) is 0 Å². The van der Waals surface area contributed by atoms with Gasteiger partial charge in [-0.05, 0) is 34.0 Å². The first kappa shape index (κ1) is 10.3. The van der Waals surface area contributed by atoms with Crippen molar-refractivity contribution >= 4 is 15.9 Å². The molecule has 0 N–H and O–H groups in total. The summed E-state index contributed by atoms with van der Waals surface area (Å²) in [6.07, 6.45) is 3.64. The molecule has 0 aliphatic carbocycles. The molecule has 0 atom stereocenters. The van der Waals surface area contributed by atoms with Crippen molar-refractivity contribution in [1.82, 2.24) is 9.97 Å². The number of hydrogen-bond acceptors (Lipinski definition) is 2. The fraction of sp³-hybridized carbons (Fsp3) is 0.167. The van der Waals surface area contributed by atoms with Crippen LogP contribution in [0.5, 0.6) is 0 Å². The van der Waals surface area contributed by atoms with Crippen molar-refractivity contribution in [2.45, 2.75) is 12.8 Å². The van der Waals surface area contributed by atoms with Crippen LogP contribution in [0.25, 0.3) is 0 Å². The van der Waals surface area contributed by atoms with Crippen molar-refractivity contribution in [3.8, 4) is 0 Å². The normalized spacial score (nSPS) is 10.2. The molecule has 2 nitrogen and oxygen atoms in total. The average Bonchev–Trinajstić information content (AvgIpc) is 2.28. The lowest BCUT2D eigenvalue weighted by molar-refractivity contribution is 0.851. The highest BCUT2D eigenvalue weighted by atomic mass is 79.9. The third-order valence-electron chi connectivity index (χ3n) is 2.15. The van der Waals surface area contributed by atoms with Crippen molar-refractivity contribution in [2.24, 2.45) is 0 Å². The molecule has 1 heterocycles. The van der Waals surface area contributed by atoms with E-state index in [1.807, 2.05) is 12.1 Å². The zero-order valence-corrected chi connectivity index (χ0v) is 9.81. The van der Waals surface area contributed by atoms with Crippen LogP contribution in [0.2, 0.25) is 0 Å². The summed E-state index contributed by atoms with van der Waals surface area (Å²) in [6, 6.07) is 12.2. The van der Waals surface area contributed by atoms with E-state index in [2.05, 4.69) is 50.2 Å². The van der Waals surface area contributed by atoms with Crippen LogP contribution < -0.4 is 0 Å². The molecule has 2 rings (SSSR count). The van der Waals surface area contributed by atoms with Gasteiger partial charge in [-0.15, -0.1) is 0 Å². The maximum atomic E-state index is 4.29. The molecule has 1 aromatic carbocycles.